The average molecular weight is 485 g/mol. The maximum Gasteiger partial charge on any atom is 0.262 e. The largest absolute Gasteiger partial charge is 0.506 e. The number of nitrogens with zero attached hydrogens (tertiary/aromatic N) is 1. The molecule has 1 atom stereocenters. The van der Waals surface area contributed by atoms with E-state index in [1.54, 1.807) is 19.1 Å². The van der Waals surface area contributed by atoms with E-state index in [1.807, 2.05) is 31.2 Å². The van der Waals surface area contributed by atoms with Gasteiger partial charge in [-0.05, 0) is 66.2 Å². The molecule has 0 aliphatic carbocycles. The summed E-state index contributed by atoms with van der Waals surface area (Å²) in [7, 11) is 0. The summed E-state index contributed by atoms with van der Waals surface area (Å²) in [6, 6.07) is 10.3. The Hall–Kier alpha value is -2.06. The molecule has 0 aliphatic heterocycles. The molecule has 0 unspecified atom stereocenters. The van der Waals surface area contributed by atoms with Crippen LogP contribution >= 0.6 is 31.9 Å². The van der Waals surface area contributed by atoms with Crippen LogP contribution in [0.1, 0.15) is 19.4 Å². The van der Waals surface area contributed by atoms with E-state index in [2.05, 4.69) is 47.7 Å². The highest BCUT2D eigenvalue weighted by atomic mass is 79.9. The van der Waals surface area contributed by atoms with E-state index in [0.717, 1.165) is 15.9 Å². The predicted molar refractivity (Wildman–Crippen MR) is 110 cm³/mol. The predicted octanol–water partition coefficient (Wildman–Crippen LogP) is 4.27. The van der Waals surface area contributed by atoms with Crippen molar-refractivity contribution in [3.8, 4) is 11.5 Å². The topological polar surface area (TPSA) is 83.0 Å². The third-order valence-corrected chi connectivity index (χ3v) is 4.44. The van der Waals surface area contributed by atoms with E-state index in [9.17, 15) is 9.90 Å². The van der Waals surface area contributed by atoms with E-state index in [4.69, 9.17) is 4.74 Å². The molecular weight excluding hydrogens is 466 g/mol. The molecule has 2 rings (SSSR count). The van der Waals surface area contributed by atoms with Crippen molar-refractivity contribution in [1.29, 1.82) is 0 Å². The number of halogens is 2. The summed E-state index contributed by atoms with van der Waals surface area (Å²) < 4.78 is 6.69. The van der Waals surface area contributed by atoms with Crippen LogP contribution in [0, 0.1) is 0 Å². The number of aromatic hydroxyl groups is 1. The molecule has 138 valence electrons. The van der Waals surface area contributed by atoms with Crippen molar-refractivity contribution in [3.63, 3.8) is 0 Å². The Morgan fingerprint density at radius 3 is 2.65 bits per heavy atom. The smallest absolute Gasteiger partial charge is 0.262 e. The summed E-state index contributed by atoms with van der Waals surface area (Å²) in [5.74, 6) is 0.523. The second kappa shape index (κ2) is 9.59. The van der Waals surface area contributed by atoms with Gasteiger partial charge in [-0.3, -0.25) is 4.79 Å². The monoisotopic (exact) mass is 483 g/mol. The number of hydrogen-bond acceptors (Lipinski definition) is 5. The minimum atomic E-state index is -0.493. The third kappa shape index (κ3) is 5.74. The lowest BCUT2D eigenvalue weighted by atomic mass is 10.2. The average Bonchev–Trinajstić information content (AvgIpc) is 2.60. The summed E-state index contributed by atoms with van der Waals surface area (Å²) in [4.78, 5) is 12.1. The zero-order valence-corrected chi connectivity index (χ0v) is 17.5. The molecule has 0 bridgehead atoms. The highest BCUT2D eigenvalue weighted by molar-refractivity contribution is 9.11. The van der Waals surface area contributed by atoms with Crippen LogP contribution < -0.4 is 15.5 Å². The van der Waals surface area contributed by atoms with E-state index in [1.165, 1.54) is 6.21 Å². The molecule has 2 aromatic carbocycles. The van der Waals surface area contributed by atoms with Gasteiger partial charge in [-0.15, -0.1) is 0 Å². The number of anilines is 1. The van der Waals surface area contributed by atoms with Crippen LogP contribution in [0.25, 0.3) is 0 Å². The molecule has 0 fully saturated rings. The minimum Gasteiger partial charge on any atom is -0.506 e. The molecule has 6 nitrogen and oxygen atoms in total. The van der Waals surface area contributed by atoms with Crippen molar-refractivity contribution in [2.75, 3.05) is 11.9 Å². The highest BCUT2D eigenvalue weighted by Crippen LogP contribution is 2.30. The standard InChI is InChI=1S/C18H19Br2N3O3/c1-3-26-15-6-4-14(5-7-15)22-11(2)18(25)23-21-10-12-8-13(19)9-16(20)17(12)24/h4-11,22,24H,3H2,1-2H3,(H,23,25)/t11-/m1/s1. The minimum absolute atomic E-state index is 0.0479. The van der Waals surface area contributed by atoms with Crippen molar-refractivity contribution in [1.82, 2.24) is 5.43 Å². The van der Waals surface area contributed by atoms with Gasteiger partial charge < -0.3 is 15.2 Å². The number of carbonyl (C=O) groups excluding carboxylic acids is 1. The van der Waals surface area contributed by atoms with Crippen LogP contribution in [-0.2, 0) is 4.79 Å². The molecule has 0 aliphatic rings. The van der Waals surface area contributed by atoms with Crippen molar-refractivity contribution in [2.24, 2.45) is 5.10 Å². The van der Waals surface area contributed by atoms with Gasteiger partial charge in [0.2, 0.25) is 0 Å². The number of hydrazone groups is 1. The molecule has 1 amide bonds. The van der Waals surface area contributed by atoms with Gasteiger partial charge in [0, 0.05) is 15.7 Å². The van der Waals surface area contributed by atoms with Crippen LogP contribution in [0.5, 0.6) is 11.5 Å². The maximum atomic E-state index is 12.1. The number of amides is 1. The van der Waals surface area contributed by atoms with E-state index in [0.29, 0.717) is 16.6 Å². The summed E-state index contributed by atoms with van der Waals surface area (Å²) in [5.41, 5.74) is 3.72. The van der Waals surface area contributed by atoms with Crippen molar-refractivity contribution in [3.05, 3.63) is 50.9 Å². The molecule has 2 aromatic rings. The number of phenolic OH excluding ortho intramolecular Hbond substituents is 1. The molecule has 3 N–H and O–H groups in total. The number of hydrogen-bond donors (Lipinski definition) is 3. The van der Waals surface area contributed by atoms with Gasteiger partial charge in [-0.2, -0.15) is 5.10 Å². The van der Waals surface area contributed by atoms with Crippen molar-refractivity contribution < 1.29 is 14.6 Å². The summed E-state index contributed by atoms with van der Waals surface area (Å²) in [5, 5.41) is 16.9. The Kier molecular flexibility index (Phi) is 7.47. The first-order chi connectivity index (χ1) is 12.4. The Labute approximate surface area is 168 Å². The normalized spacial score (nSPS) is 12.0. The molecule has 0 spiro atoms. The highest BCUT2D eigenvalue weighted by Gasteiger charge is 2.12. The number of phenols is 1. The van der Waals surface area contributed by atoms with Crippen LogP contribution in [0.15, 0.2) is 50.4 Å². The van der Waals surface area contributed by atoms with Gasteiger partial charge in [0.1, 0.15) is 17.5 Å². The van der Waals surface area contributed by atoms with E-state index < -0.39 is 6.04 Å². The van der Waals surface area contributed by atoms with E-state index in [-0.39, 0.29) is 11.7 Å². The maximum absolute atomic E-state index is 12.1. The van der Waals surface area contributed by atoms with E-state index >= 15 is 0 Å². The number of benzene rings is 2. The van der Waals surface area contributed by atoms with Crippen LogP contribution in [0.3, 0.4) is 0 Å². The second-order valence-electron chi connectivity index (χ2n) is 5.38. The fourth-order valence-corrected chi connectivity index (χ4v) is 3.33. The first-order valence-corrected chi connectivity index (χ1v) is 9.49. The van der Waals surface area contributed by atoms with Gasteiger partial charge in [0.25, 0.3) is 5.91 Å². The zero-order chi connectivity index (χ0) is 19.1. The first-order valence-electron chi connectivity index (χ1n) is 7.91. The fourth-order valence-electron chi connectivity index (χ4n) is 2.08. The number of ether oxygens (including phenoxy) is 1. The zero-order valence-electron chi connectivity index (χ0n) is 14.3. The molecule has 0 saturated carbocycles. The number of rotatable bonds is 7. The van der Waals surface area contributed by atoms with Crippen molar-refractivity contribution in [2.45, 2.75) is 19.9 Å². The van der Waals surface area contributed by atoms with Crippen LogP contribution in [0.2, 0.25) is 0 Å². The molecule has 0 radical (unpaired) electrons. The molecular formula is C18H19Br2N3O3. The van der Waals surface area contributed by atoms with Crippen molar-refractivity contribution >= 4 is 49.7 Å². The van der Waals surface area contributed by atoms with Gasteiger partial charge >= 0.3 is 0 Å². The molecule has 8 heteroatoms. The number of nitrogens with one attached hydrogen (secondary N) is 2. The third-order valence-electron chi connectivity index (χ3n) is 3.38. The van der Waals surface area contributed by atoms with Gasteiger partial charge in [0.05, 0.1) is 17.3 Å². The van der Waals surface area contributed by atoms with Gasteiger partial charge in [0.15, 0.2) is 0 Å². The second-order valence-corrected chi connectivity index (χ2v) is 7.15. The Bertz CT molecular complexity index is 795. The molecule has 0 heterocycles. The Balaban J connectivity index is 1.92. The van der Waals surface area contributed by atoms with Crippen LogP contribution in [-0.4, -0.2) is 29.9 Å². The summed E-state index contributed by atoms with van der Waals surface area (Å²) in [6.45, 7) is 4.26. The fraction of sp³-hybridized carbons (Fsp3) is 0.222. The summed E-state index contributed by atoms with van der Waals surface area (Å²) >= 11 is 6.58. The lowest BCUT2D eigenvalue weighted by molar-refractivity contribution is -0.121. The Morgan fingerprint density at radius 2 is 2.00 bits per heavy atom. The first kappa shape index (κ1) is 20.3. The lowest BCUT2D eigenvalue weighted by Gasteiger charge is -2.14. The quantitative estimate of drug-likeness (QED) is 0.405. The Morgan fingerprint density at radius 1 is 1.31 bits per heavy atom. The summed E-state index contributed by atoms with van der Waals surface area (Å²) in [6.07, 6.45) is 1.38. The van der Waals surface area contributed by atoms with Gasteiger partial charge in [-0.1, -0.05) is 15.9 Å². The SMILES string of the molecule is CCOc1ccc(N[C@H](C)C(=O)NN=Cc2cc(Br)cc(Br)c2O)cc1. The number of carbonyl (C=O) groups is 1. The van der Waals surface area contributed by atoms with Crippen LogP contribution in [0.4, 0.5) is 5.69 Å². The molecule has 0 aromatic heterocycles. The molecule has 0 saturated heterocycles. The molecule has 26 heavy (non-hydrogen) atoms. The lowest BCUT2D eigenvalue weighted by Crippen LogP contribution is -2.34. The van der Waals surface area contributed by atoms with Gasteiger partial charge in [-0.25, -0.2) is 5.43 Å².